The molecule has 0 aliphatic carbocycles. The highest BCUT2D eigenvalue weighted by molar-refractivity contribution is 5.78. The number of carbonyl (C=O) groups is 1. The first-order valence-electron chi connectivity index (χ1n) is 7.22. The molecule has 0 bridgehead atoms. The third kappa shape index (κ3) is 5.09. The molecule has 0 spiro atoms. The van der Waals surface area contributed by atoms with Crippen molar-refractivity contribution in [1.82, 2.24) is 5.32 Å². The molecule has 0 aromatic heterocycles. The van der Waals surface area contributed by atoms with Gasteiger partial charge in [-0.15, -0.1) is 0 Å². The van der Waals surface area contributed by atoms with Crippen LogP contribution in [0.3, 0.4) is 0 Å². The van der Waals surface area contributed by atoms with Crippen LogP contribution in [0.15, 0.2) is 0 Å². The molecule has 5 heteroatoms. The molecule has 5 nitrogen and oxygen atoms in total. The Morgan fingerprint density at radius 1 is 1.47 bits per heavy atom. The van der Waals surface area contributed by atoms with E-state index in [1.54, 1.807) is 7.05 Å². The van der Waals surface area contributed by atoms with E-state index in [2.05, 4.69) is 5.32 Å². The Morgan fingerprint density at radius 2 is 2.16 bits per heavy atom. The predicted molar refractivity (Wildman–Crippen MR) is 73.3 cm³/mol. The fourth-order valence-corrected chi connectivity index (χ4v) is 2.48. The lowest BCUT2D eigenvalue weighted by Gasteiger charge is -2.27. The van der Waals surface area contributed by atoms with Crippen LogP contribution in [0.5, 0.6) is 0 Å². The van der Waals surface area contributed by atoms with Gasteiger partial charge in [0.15, 0.2) is 0 Å². The smallest absolute Gasteiger partial charge is 0.323 e. The van der Waals surface area contributed by atoms with Gasteiger partial charge in [-0.05, 0) is 45.1 Å². The van der Waals surface area contributed by atoms with E-state index in [1.165, 1.54) is 0 Å². The van der Waals surface area contributed by atoms with E-state index in [-0.39, 0.29) is 0 Å². The van der Waals surface area contributed by atoms with E-state index in [4.69, 9.17) is 9.47 Å². The van der Waals surface area contributed by atoms with Crippen molar-refractivity contribution in [2.75, 3.05) is 33.5 Å². The lowest BCUT2D eigenvalue weighted by molar-refractivity contribution is -0.145. The fraction of sp³-hybridized carbons (Fsp3) is 0.929. The number of nitrogens with one attached hydrogen (secondary N) is 1. The zero-order chi connectivity index (χ0) is 14.1. The maximum Gasteiger partial charge on any atom is 0.323 e. The number of rotatable bonds is 9. The van der Waals surface area contributed by atoms with Gasteiger partial charge >= 0.3 is 5.97 Å². The minimum atomic E-state index is -0.804. The van der Waals surface area contributed by atoms with Crippen molar-refractivity contribution in [3.05, 3.63) is 0 Å². The molecule has 1 rings (SSSR count). The zero-order valence-electron chi connectivity index (χ0n) is 12.1. The van der Waals surface area contributed by atoms with E-state index in [0.717, 1.165) is 39.1 Å². The van der Waals surface area contributed by atoms with Crippen molar-refractivity contribution in [2.45, 2.75) is 44.6 Å². The van der Waals surface area contributed by atoms with Crippen molar-refractivity contribution >= 4 is 5.97 Å². The van der Waals surface area contributed by atoms with E-state index < -0.39 is 11.5 Å². The molecule has 1 unspecified atom stereocenters. The lowest BCUT2D eigenvalue weighted by Crippen LogP contribution is -2.49. The predicted octanol–water partition coefficient (Wildman–Crippen LogP) is 1.66. The van der Waals surface area contributed by atoms with Crippen molar-refractivity contribution in [3.8, 4) is 0 Å². The van der Waals surface area contributed by atoms with Gasteiger partial charge in [0.2, 0.25) is 0 Å². The monoisotopic (exact) mass is 273 g/mol. The Morgan fingerprint density at radius 3 is 2.68 bits per heavy atom. The second-order valence-corrected chi connectivity index (χ2v) is 5.23. The SMILES string of the molecule is CCC(CCCOCC1CCOCC1)(NC)C(=O)O. The summed E-state index contributed by atoms with van der Waals surface area (Å²) >= 11 is 0. The van der Waals surface area contributed by atoms with Crippen LogP contribution in [0, 0.1) is 5.92 Å². The normalized spacial score (nSPS) is 20.1. The molecular formula is C14H27NO4. The van der Waals surface area contributed by atoms with Crippen molar-refractivity contribution < 1.29 is 19.4 Å². The first kappa shape index (κ1) is 16.4. The number of carboxylic acids is 1. The van der Waals surface area contributed by atoms with Crippen molar-refractivity contribution in [3.63, 3.8) is 0 Å². The summed E-state index contributed by atoms with van der Waals surface area (Å²) in [6, 6.07) is 0. The quantitative estimate of drug-likeness (QED) is 0.625. The van der Waals surface area contributed by atoms with Gasteiger partial charge in [0.25, 0.3) is 0 Å². The maximum absolute atomic E-state index is 11.3. The largest absolute Gasteiger partial charge is 0.480 e. The molecule has 0 radical (unpaired) electrons. The van der Waals surface area contributed by atoms with Gasteiger partial charge in [0.05, 0.1) is 0 Å². The Hall–Kier alpha value is -0.650. The highest BCUT2D eigenvalue weighted by atomic mass is 16.5. The molecule has 1 fully saturated rings. The van der Waals surface area contributed by atoms with E-state index in [9.17, 15) is 9.90 Å². The minimum absolute atomic E-state index is 0.582. The second kappa shape index (κ2) is 8.51. The summed E-state index contributed by atoms with van der Waals surface area (Å²) in [5.41, 5.74) is -0.804. The Kier molecular flexibility index (Phi) is 7.34. The molecule has 0 amide bonds. The van der Waals surface area contributed by atoms with E-state index in [1.807, 2.05) is 6.92 Å². The topological polar surface area (TPSA) is 67.8 Å². The first-order valence-corrected chi connectivity index (χ1v) is 7.22. The average molecular weight is 273 g/mol. The number of aliphatic carboxylic acids is 1. The second-order valence-electron chi connectivity index (χ2n) is 5.23. The highest BCUT2D eigenvalue weighted by Gasteiger charge is 2.34. The summed E-state index contributed by atoms with van der Waals surface area (Å²) in [7, 11) is 1.71. The van der Waals surface area contributed by atoms with Crippen LogP contribution in [0.2, 0.25) is 0 Å². The summed E-state index contributed by atoms with van der Waals surface area (Å²) in [4.78, 5) is 11.3. The summed E-state index contributed by atoms with van der Waals surface area (Å²) in [6.07, 6.45) is 4.10. The minimum Gasteiger partial charge on any atom is -0.480 e. The Labute approximate surface area is 115 Å². The molecular weight excluding hydrogens is 246 g/mol. The standard InChI is InChI=1S/C14H27NO4/c1-3-14(15-2,13(16)17)7-4-8-19-11-12-5-9-18-10-6-12/h12,15H,3-11H2,1-2H3,(H,16,17). The van der Waals surface area contributed by atoms with Gasteiger partial charge in [-0.3, -0.25) is 4.79 Å². The molecule has 1 aliphatic heterocycles. The van der Waals surface area contributed by atoms with E-state index in [0.29, 0.717) is 25.4 Å². The number of hydrogen-bond donors (Lipinski definition) is 2. The number of carboxylic acid groups (broad SMARTS) is 1. The lowest BCUT2D eigenvalue weighted by atomic mass is 9.91. The highest BCUT2D eigenvalue weighted by Crippen LogP contribution is 2.18. The van der Waals surface area contributed by atoms with Gasteiger partial charge in [0, 0.05) is 26.4 Å². The van der Waals surface area contributed by atoms with Gasteiger partial charge in [-0.1, -0.05) is 6.92 Å². The average Bonchev–Trinajstić information content (AvgIpc) is 2.44. The van der Waals surface area contributed by atoms with Crippen LogP contribution in [-0.4, -0.2) is 50.1 Å². The van der Waals surface area contributed by atoms with Gasteiger partial charge in [-0.2, -0.15) is 0 Å². The summed E-state index contributed by atoms with van der Waals surface area (Å²) < 4.78 is 11.0. The number of hydrogen-bond acceptors (Lipinski definition) is 4. The van der Waals surface area contributed by atoms with Crippen LogP contribution in [-0.2, 0) is 14.3 Å². The molecule has 1 saturated heterocycles. The first-order chi connectivity index (χ1) is 9.14. The molecule has 112 valence electrons. The van der Waals surface area contributed by atoms with E-state index >= 15 is 0 Å². The Bertz CT molecular complexity index is 260. The molecule has 19 heavy (non-hydrogen) atoms. The maximum atomic E-state index is 11.3. The molecule has 0 saturated carbocycles. The molecule has 1 aliphatic rings. The number of likely N-dealkylation sites (N-methyl/N-ethyl adjacent to an activating group) is 1. The third-order valence-electron chi connectivity index (χ3n) is 4.08. The van der Waals surface area contributed by atoms with Gasteiger partial charge < -0.3 is 19.9 Å². The molecule has 2 N–H and O–H groups in total. The van der Waals surface area contributed by atoms with Crippen LogP contribution in [0.1, 0.15) is 39.0 Å². The van der Waals surface area contributed by atoms with Crippen molar-refractivity contribution in [1.29, 1.82) is 0 Å². The zero-order valence-corrected chi connectivity index (χ0v) is 12.1. The van der Waals surface area contributed by atoms with Crippen LogP contribution in [0.25, 0.3) is 0 Å². The summed E-state index contributed by atoms with van der Waals surface area (Å²) in [6.45, 7) is 4.98. The Balaban J connectivity index is 2.16. The molecule has 0 aromatic rings. The molecule has 1 heterocycles. The van der Waals surface area contributed by atoms with Crippen molar-refractivity contribution in [2.24, 2.45) is 5.92 Å². The van der Waals surface area contributed by atoms with Crippen LogP contribution >= 0.6 is 0 Å². The number of ether oxygens (including phenoxy) is 2. The molecule has 0 aromatic carbocycles. The third-order valence-corrected chi connectivity index (χ3v) is 4.08. The fourth-order valence-electron chi connectivity index (χ4n) is 2.48. The van der Waals surface area contributed by atoms with Gasteiger partial charge in [0.1, 0.15) is 5.54 Å². The van der Waals surface area contributed by atoms with Gasteiger partial charge in [-0.25, -0.2) is 0 Å². The summed E-state index contributed by atoms with van der Waals surface area (Å²) in [5.74, 6) is -0.171. The summed E-state index contributed by atoms with van der Waals surface area (Å²) in [5, 5.41) is 12.2. The van der Waals surface area contributed by atoms with Crippen LogP contribution in [0.4, 0.5) is 0 Å². The van der Waals surface area contributed by atoms with Crippen LogP contribution < -0.4 is 5.32 Å². The molecule has 1 atom stereocenters.